The van der Waals surface area contributed by atoms with Crippen molar-refractivity contribution in [1.29, 1.82) is 0 Å². The monoisotopic (exact) mass is 581 g/mol. The number of amides is 3. The van der Waals surface area contributed by atoms with Crippen molar-refractivity contribution in [3.05, 3.63) is 114 Å². The Morgan fingerprint density at radius 1 is 0.780 bits per heavy atom. The lowest BCUT2D eigenvalue weighted by atomic mass is 10.0. The molecule has 11 heteroatoms. The zero-order chi connectivity index (χ0) is 29.6. The van der Waals surface area contributed by atoms with Crippen LogP contribution in [0.3, 0.4) is 0 Å². The van der Waals surface area contributed by atoms with Gasteiger partial charge < -0.3 is 16.0 Å². The van der Waals surface area contributed by atoms with Crippen molar-refractivity contribution in [2.24, 2.45) is 0 Å². The molecule has 3 N–H and O–H groups in total. The number of urea groups is 1. The van der Waals surface area contributed by atoms with E-state index in [-0.39, 0.29) is 17.0 Å². The van der Waals surface area contributed by atoms with E-state index in [0.717, 1.165) is 24.0 Å². The second-order valence-corrected chi connectivity index (χ2v) is 11.2. The van der Waals surface area contributed by atoms with E-state index in [2.05, 4.69) is 16.0 Å². The average molecular weight is 582 g/mol. The van der Waals surface area contributed by atoms with Gasteiger partial charge in [0.25, 0.3) is 0 Å². The summed E-state index contributed by atoms with van der Waals surface area (Å²) in [6, 6.07) is 24.3. The number of sulfone groups is 1. The third-order valence-electron chi connectivity index (χ3n) is 6.10. The molecule has 0 aliphatic heterocycles. The molecule has 41 heavy (non-hydrogen) atoms. The standard InChI is InChI=1S/C30H26F3N3O4S/c1-41(39,40)27-13-6-5-12-25(27)21-14-16-23(17-15-21)34-28(37)26(18-20-8-3-2-4-9-20)36-29(38)35-24-11-7-10-22(19-24)30(31,32)33/h2-17,19,26H,18H2,1H3,(H,34,37)(H2,35,36,38). The molecule has 0 aromatic heterocycles. The first kappa shape index (κ1) is 29.3. The topological polar surface area (TPSA) is 104 Å². The number of alkyl halides is 3. The predicted molar refractivity (Wildman–Crippen MR) is 151 cm³/mol. The molecule has 1 unspecified atom stereocenters. The van der Waals surface area contributed by atoms with Crippen molar-refractivity contribution >= 4 is 33.2 Å². The number of nitrogens with one attached hydrogen (secondary N) is 3. The highest BCUT2D eigenvalue weighted by molar-refractivity contribution is 7.90. The Bertz CT molecular complexity index is 1640. The number of hydrogen-bond donors (Lipinski definition) is 3. The minimum absolute atomic E-state index is 0.0823. The number of anilines is 2. The largest absolute Gasteiger partial charge is 0.416 e. The summed E-state index contributed by atoms with van der Waals surface area (Å²) < 4.78 is 63.5. The Labute approximate surface area is 235 Å². The number of carbonyl (C=O) groups excluding carboxylic acids is 2. The summed E-state index contributed by atoms with van der Waals surface area (Å²) >= 11 is 0. The molecule has 3 amide bonds. The van der Waals surface area contributed by atoms with Gasteiger partial charge in [-0.2, -0.15) is 13.2 Å². The molecule has 0 saturated carbocycles. The molecule has 0 bridgehead atoms. The highest BCUT2D eigenvalue weighted by atomic mass is 32.2. The van der Waals surface area contributed by atoms with Crippen LogP contribution in [0.1, 0.15) is 11.1 Å². The van der Waals surface area contributed by atoms with Crippen LogP contribution < -0.4 is 16.0 Å². The molecule has 0 spiro atoms. The zero-order valence-corrected chi connectivity index (χ0v) is 22.6. The first-order valence-corrected chi connectivity index (χ1v) is 14.3. The Kier molecular flexibility index (Phi) is 8.77. The van der Waals surface area contributed by atoms with Crippen molar-refractivity contribution in [3.8, 4) is 11.1 Å². The van der Waals surface area contributed by atoms with E-state index in [1.54, 1.807) is 72.8 Å². The van der Waals surface area contributed by atoms with Gasteiger partial charge in [0.15, 0.2) is 9.84 Å². The quantitative estimate of drug-likeness (QED) is 0.232. The molecule has 0 aliphatic rings. The van der Waals surface area contributed by atoms with E-state index in [4.69, 9.17) is 0 Å². The first-order chi connectivity index (χ1) is 19.4. The van der Waals surface area contributed by atoms with Gasteiger partial charge in [-0.05, 0) is 47.5 Å². The Hall–Kier alpha value is -4.64. The fourth-order valence-corrected chi connectivity index (χ4v) is 5.06. The van der Waals surface area contributed by atoms with Crippen molar-refractivity contribution in [1.82, 2.24) is 5.32 Å². The van der Waals surface area contributed by atoms with Crippen LogP contribution in [0, 0.1) is 0 Å². The van der Waals surface area contributed by atoms with E-state index in [1.807, 2.05) is 0 Å². The van der Waals surface area contributed by atoms with Crippen LogP contribution in [-0.4, -0.2) is 32.7 Å². The summed E-state index contributed by atoms with van der Waals surface area (Å²) in [5.41, 5.74) is 1.29. The summed E-state index contributed by atoms with van der Waals surface area (Å²) in [6.45, 7) is 0. The Morgan fingerprint density at radius 2 is 1.44 bits per heavy atom. The van der Waals surface area contributed by atoms with Gasteiger partial charge in [0, 0.05) is 29.6 Å². The fraction of sp³-hybridized carbons (Fsp3) is 0.133. The third-order valence-corrected chi connectivity index (χ3v) is 7.26. The van der Waals surface area contributed by atoms with E-state index < -0.39 is 39.6 Å². The maximum atomic E-state index is 13.2. The molecule has 0 aliphatic carbocycles. The predicted octanol–water partition coefficient (Wildman–Crippen LogP) is 6.15. The summed E-state index contributed by atoms with van der Waals surface area (Å²) in [5, 5.41) is 7.63. The molecule has 0 fully saturated rings. The number of rotatable bonds is 8. The number of carbonyl (C=O) groups is 2. The number of benzene rings is 4. The van der Waals surface area contributed by atoms with Crippen LogP contribution in [0.4, 0.5) is 29.3 Å². The van der Waals surface area contributed by atoms with Crippen LogP contribution in [0.15, 0.2) is 108 Å². The van der Waals surface area contributed by atoms with Crippen molar-refractivity contribution in [3.63, 3.8) is 0 Å². The maximum absolute atomic E-state index is 13.2. The van der Waals surface area contributed by atoms with Gasteiger partial charge in [0.1, 0.15) is 6.04 Å². The minimum Gasteiger partial charge on any atom is -0.326 e. The van der Waals surface area contributed by atoms with Crippen LogP contribution in [0.2, 0.25) is 0 Å². The van der Waals surface area contributed by atoms with E-state index in [1.165, 1.54) is 18.2 Å². The van der Waals surface area contributed by atoms with Gasteiger partial charge in [0.05, 0.1) is 10.5 Å². The normalized spacial score (nSPS) is 12.3. The zero-order valence-electron chi connectivity index (χ0n) is 21.8. The Balaban J connectivity index is 1.51. The second-order valence-electron chi connectivity index (χ2n) is 9.25. The van der Waals surface area contributed by atoms with E-state index >= 15 is 0 Å². The minimum atomic E-state index is -4.58. The molecule has 7 nitrogen and oxygen atoms in total. The first-order valence-electron chi connectivity index (χ1n) is 12.4. The lowest BCUT2D eigenvalue weighted by Crippen LogP contribution is -2.46. The summed E-state index contributed by atoms with van der Waals surface area (Å²) in [7, 11) is -3.47. The molecule has 0 heterocycles. The SMILES string of the molecule is CS(=O)(=O)c1ccccc1-c1ccc(NC(=O)C(Cc2ccccc2)NC(=O)Nc2cccc(C(F)(F)F)c2)cc1. The molecule has 4 aromatic carbocycles. The highest BCUT2D eigenvalue weighted by Crippen LogP contribution is 2.31. The molecule has 0 saturated heterocycles. The van der Waals surface area contributed by atoms with Gasteiger partial charge in [-0.25, -0.2) is 13.2 Å². The lowest BCUT2D eigenvalue weighted by Gasteiger charge is -2.19. The third kappa shape index (κ3) is 7.95. The smallest absolute Gasteiger partial charge is 0.326 e. The molecule has 4 rings (SSSR count). The maximum Gasteiger partial charge on any atom is 0.416 e. The van der Waals surface area contributed by atoms with E-state index in [0.29, 0.717) is 16.8 Å². The molecule has 1 atom stereocenters. The molecule has 0 radical (unpaired) electrons. The molecule has 212 valence electrons. The summed E-state index contributed by atoms with van der Waals surface area (Å²) in [5.74, 6) is -0.558. The fourth-order valence-electron chi connectivity index (χ4n) is 4.15. The van der Waals surface area contributed by atoms with E-state index in [9.17, 15) is 31.2 Å². The van der Waals surface area contributed by atoms with Crippen LogP contribution in [0.25, 0.3) is 11.1 Å². The van der Waals surface area contributed by atoms with Gasteiger partial charge in [-0.3, -0.25) is 4.79 Å². The number of hydrogen-bond acceptors (Lipinski definition) is 4. The van der Waals surface area contributed by atoms with Crippen LogP contribution >= 0.6 is 0 Å². The van der Waals surface area contributed by atoms with Gasteiger partial charge >= 0.3 is 12.2 Å². The highest BCUT2D eigenvalue weighted by Gasteiger charge is 2.30. The summed E-state index contributed by atoms with van der Waals surface area (Å²) in [4.78, 5) is 26.1. The van der Waals surface area contributed by atoms with Crippen molar-refractivity contribution < 1.29 is 31.2 Å². The average Bonchev–Trinajstić information content (AvgIpc) is 2.93. The van der Waals surface area contributed by atoms with Gasteiger partial charge in [-0.15, -0.1) is 0 Å². The summed E-state index contributed by atoms with van der Waals surface area (Å²) in [6.07, 6.45) is -3.34. The molecular formula is C30H26F3N3O4S. The van der Waals surface area contributed by atoms with Gasteiger partial charge in [-0.1, -0.05) is 66.7 Å². The Morgan fingerprint density at radius 3 is 2.10 bits per heavy atom. The molecule has 4 aromatic rings. The van der Waals surface area contributed by atoms with Crippen molar-refractivity contribution in [2.45, 2.75) is 23.5 Å². The molecular weight excluding hydrogens is 555 g/mol. The van der Waals surface area contributed by atoms with Gasteiger partial charge in [0.2, 0.25) is 5.91 Å². The lowest BCUT2D eigenvalue weighted by molar-refractivity contribution is -0.137. The van der Waals surface area contributed by atoms with Crippen LogP contribution in [0.5, 0.6) is 0 Å². The van der Waals surface area contributed by atoms with Crippen LogP contribution in [-0.2, 0) is 27.2 Å². The van der Waals surface area contributed by atoms with Crippen molar-refractivity contribution in [2.75, 3.05) is 16.9 Å². The second kappa shape index (κ2) is 12.3. The number of halogens is 3.